The van der Waals surface area contributed by atoms with Crippen LogP contribution in [0.25, 0.3) is 6.08 Å². The summed E-state index contributed by atoms with van der Waals surface area (Å²) in [6.07, 6.45) is 1.77. The Morgan fingerprint density at radius 1 is 1.32 bits per heavy atom. The van der Waals surface area contributed by atoms with E-state index in [9.17, 15) is 4.79 Å². The van der Waals surface area contributed by atoms with Crippen molar-refractivity contribution in [3.05, 3.63) is 28.7 Å². The molecule has 1 aromatic rings. The van der Waals surface area contributed by atoms with Gasteiger partial charge in [-0.15, -0.1) is 0 Å². The molecule has 2 rings (SSSR count). The highest BCUT2D eigenvalue weighted by Gasteiger charge is 2.29. The fourth-order valence-electron chi connectivity index (χ4n) is 1.71. The molecule has 1 fully saturated rings. The minimum atomic E-state index is -0.0973. The van der Waals surface area contributed by atoms with Crippen molar-refractivity contribution in [1.82, 2.24) is 4.90 Å². The van der Waals surface area contributed by atoms with Crippen LogP contribution in [-0.2, 0) is 4.79 Å². The Bertz CT molecular complexity index is 569. The molecule has 0 aliphatic carbocycles. The van der Waals surface area contributed by atoms with Gasteiger partial charge in [-0.1, -0.05) is 36.1 Å². The lowest BCUT2D eigenvalue weighted by Crippen LogP contribution is -2.22. The first-order chi connectivity index (χ1) is 9.08. The second kappa shape index (κ2) is 5.63. The van der Waals surface area contributed by atoms with Crippen molar-refractivity contribution in [2.24, 2.45) is 0 Å². The first kappa shape index (κ1) is 13.9. The van der Waals surface area contributed by atoms with Crippen LogP contribution in [0.2, 0.25) is 0 Å². The minimum absolute atomic E-state index is 0.0973. The monoisotopic (exact) mass is 295 g/mol. The molecular weight excluding hydrogens is 282 g/mol. The molecule has 1 aliphatic heterocycles. The van der Waals surface area contributed by atoms with Gasteiger partial charge in [-0.25, -0.2) is 0 Å². The van der Waals surface area contributed by atoms with Gasteiger partial charge < -0.3 is 9.47 Å². The maximum atomic E-state index is 12.0. The van der Waals surface area contributed by atoms with E-state index in [0.29, 0.717) is 20.7 Å². The number of amides is 1. The normalized spacial score (nSPS) is 17.2. The predicted octanol–water partition coefficient (Wildman–Crippen LogP) is 2.53. The Morgan fingerprint density at radius 3 is 2.58 bits per heavy atom. The lowest BCUT2D eigenvalue weighted by Gasteiger charge is -2.10. The Labute approximate surface area is 121 Å². The number of nitrogens with zero attached hydrogens (tertiary/aromatic N) is 1. The van der Waals surface area contributed by atoms with Gasteiger partial charge in [0.05, 0.1) is 19.1 Å². The fraction of sp³-hybridized carbons (Fsp3) is 0.231. The number of ether oxygens (including phenoxy) is 2. The van der Waals surface area contributed by atoms with Crippen molar-refractivity contribution in [1.29, 1.82) is 0 Å². The van der Waals surface area contributed by atoms with E-state index in [4.69, 9.17) is 21.7 Å². The van der Waals surface area contributed by atoms with Crippen molar-refractivity contribution >= 4 is 40.3 Å². The zero-order valence-electron chi connectivity index (χ0n) is 10.8. The standard InChI is InChI=1S/C13H13NO3S2/c1-14-12(15)10(19-13(14)18)7-8-5-4-6-9(16-2)11(8)17-3/h4-7H,1-3H3/b10-7+. The molecule has 6 heteroatoms. The second-order valence-corrected chi connectivity index (χ2v) is 5.50. The molecule has 0 atom stereocenters. The first-order valence-corrected chi connectivity index (χ1v) is 6.73. The summed E-state index contributed by atoms with van der Waals surface area (Å²) in [6, 6.07) is 5.52. The molecular formula is C13H13NO3S2. The van der Waals surface area contributed by atoms with E-state index in [-0.39, 0.29) is 5.91 Å². The highest BCUT2D eigenvalue weighted by Crippen LogP contribution is 2.36. The number of rotatable bonds is 3. The summed E-state index contributed by atoms with van der Waals surface area (Å²) in [5.74, 6) is 1.13. The summed E-state index contributed by atoms with van der Waals surface area (Å²) in [4.78, 5) is 14.0. The molecule has 1 heterocycles. The molecule has 0 bridgehead atoms. The number of likely N-dealkylation sites (N-methyl/N-ethyl adjacent to an activating group) is 1. The van der Waals surface area contributed by atoms with E-state index < -0.39 is 0 Å². The van der Waals surface area contributed by atoms with Crippen LogP contribution in [-0.4, -0.2) is 36.4 Å². The quantitative estimate of drug-likeness (QED) is 0.633. The largest absolute Gasteiger partial charge is 0.493 e. The fourth-order valence-corrected chi connectivity index (χ4v) is 2.88. The Morgan fingerprint density at radius 2 is 2.05 bits per heavy atom. The van der Waals surface area contributed by atoms with Crippen molar-refractivity contribution < 1.29 is 14.3 Å². The van der Waals surface area contributed by atoms with Crippen LogP contribution in [0.5, 0.6) is 11.5 Å². The number of carbonyl (C=O) groups excluding carboxylic acids is 1. The van der Waals surface area contributed by atoms with Crippen LogP contribution in [0.3, 0.4) is 0 Å². The van der Waals surface area contributed by atoms with Crippen molar-refractivity contribution in [3.63, 3.8) is 0 Å². The maximum Gasteiger partial charge on any atom is 0.265 e. The summed E-state index contributed by atoms with van der Waals surface area (Å²) in [5.41, 5.74) is 0.788. The number of para-hydroxylation sites is 1. The average molecular weight is 295 g/mol. The van der Waals surface area contributed by atoms with E-state index in [0.717, 1.165) is 5.56 Å². The molecule has 0 saturated carbocycles. The van der Waals surface area contributed by atoms with Gasteiger partial charge in [0, 0.05) is 12.6 Å². The van der Waals surface area contributed by atoms with E-state index >= 15 is 0 Å². The highest BCUT2D eigenvalue weighted by atomic mass is 32.2. The van der Waals surface area contributed by atoms with Gasteiger partial charge in [-0.2, -0.15) is 0 Å². The Hall–Kier alpha value is -1.53. The molecule has 1 amide bonds. The van der Waals surface area contributed by atoms with Crippen molar-refractivity contribution in [2.75, 3.05) is 21.3 Å². The van der Waals surface area contributed by atoms with Gasteiger partial charge in [0.15, 0.2) is 11.5 Å². The summed E-state index contributed by atoms with van der Waals surface area (Å²) in [6.45, 7) is 0. The number of hydrogen-bond donors (Lipinski definition) is 0. The Balaban J connectivity index is 2.44. The molecule has 0 radical (unpaired) electrons. The van der Waals surface area contributed by atoms with Gasteiger partial charge in [0.25, 0.3) is 5.91 Å². The van der Waals surface area contributed by atoms with Crippen LogP contribution < -0.4 is 9.47 Å². The van der Waals surface area contributed by atoms with Crippen LogP contribution in [0.4, 0.5) is 0 Å². The van der Waals surface area contributed by atoms with Gasteiger partial charge in [-0.3, -0.25) is 9.69 Å². The number of hydrogen-bond acceptors (Lipinski definition) is 5. The molecule has 19 heavy (non-hydrogen) atoms. The highest BCUT2D eigenvalue weighted by molar-refractivity contribution is 8.26. The molecule has 0 spiro atoms. The molecule has 1 aliphatic rings. The zero-order valence-corrected chi connectivity index (χ0v) is 12.4. The van der Waals surface area contributed by atoms with Crippen molar-refractivity contribution in [2.45, 2.75) is 0 Å². The number of methoxy groups -OCH3 is 2. The summed E-state index contributed by atoms with van der Waals surface area (Å²) in [5, 5.41) is 0. The van der Waals surface area contributed by atoms with Gasteiger partial charge in [-0.05, 0) is 12.1 Å². The van der Waals surface area contributed by atoms with Crippen molar-refractivity contribution in [3.8, 4) is 11.5 Å². The SMILES string of the molecule is COc1cccc(/C=C2/SC(=S)N(C)C2=O)c1OC. The van der Waals surface area contributed by atoms with E-state index in [1.807, 2.05) is 12.1 Å². The van der Waals surface area contributed by atoms with Crippen LogP contribution in [0.15, 0.2) is 23.1 Å². The van der Waals surface area contributed by atoms with Gasteiger partial charge in [0.2, 0.25) is 0 Å². The van der Waals surface area contributed by atoms with Gasteiger partial charge in [0.1, 0.15) is 4.32 Å². The van der Waals surface area contributed by atoms with Crippen LogP contribution in [0.1, 0.15) is 5.56 Å². The molecule has 1 aromatic carbocycles. The average Bonchev–Trinajstić information content (AvgIpc) is 2.66. The van der Waals surface area contributed by atoms with E-state index in [1.165, 1.54) is 16.7 Å². The predicted molar refractivity (Wildman–Crippen MR) is 80.5 cm³/mol. The van der Waals surface area contributed by atoms with Crippen LogP contribution in [0, 0.1) is 0 Å². The number of thioether (sulfide) groups is 1. The third-order valence-electron chi connectivity index (χ3n) is 2.71. The first-order valence-electron chi connectivity index (χ1n) is 5.51. The molecule has 1 saturated heterocycles. The summed E-state index contributed by atoms with van der Waals surface area (Å²) in [7, 11) is 4.81. The number of thiocarbonyl (C=S) groups is 1. The van der Waals surface area contributed by atoms with E-state index in [2.05, 4.69) is 0 Å². The molecule has 4 nitrogen and oxygen atoms in total. The van der Waals surface area contributed by atoms with Gasteiger partial charge >= 0.3 is 0 Å². The molecule has 0 N–H and O–H groups in total. The number of carbonyl (C=O) groups is 1. The molecule has 100 valence electrons. The molecule has 0 unspecified atom stereocenters. The second-order valence-electron chi connectivity index (χ2n) is 3.82. The lowest BCUT2D eigenvalue weighted by molar-refractivity contribution is -0.121. The Kier molecular flexibility index (Phi) is 4.11. The minimum Gasteiger partial charge on any atom is -0.493 e. The third kappa shape index (κ3) is 2.59. The lowest BCUT2D eigenvalue weighted by atomic mass is 10.1. The third-order valence-corrected chi connectivity index (χ3v) is 4.19. The molecule has 0 aromatic heterocycles. The summed E-state index contributed by atoms with van der Waals surface area (Å²) >= 11 is 6.38. The topological polar surface area (TPSA) is 38.8 Å². The zero-order chi connectivity index (χ0) is 14.0. The summed E-state index contributed by atoms with van der Waals surface area (Å²) < 4.78 is 11.1. The smallest absolute Gasteiger partial charge is 0.265 e. The number of benzene rings is 1. The van der Waals surface area contributed by atoms with Crippen LogP contribution >= 0.6 is 24.0 Å². The maximum absolute atomic E-state index is 12.0. The van der Waals surface area contributed by atoms with E-state index in [1.54, 1.807) is 33.4 Å².